The molecule has 1 unspecified atom stereocenters. The highest BCUT2D eigenvalue weighted by Gasteiger charge is 2.16. The average Bonchev–Trinajstić information content (AvgIpc) is 3.02. The fraction of sp³-hybridized carbons (Fsp3) is 0.375. The van der Waals surface area contributed by atoms with Crippen LogP contribution in [0.1, 0.15) is 23.7 Å². The predicted octanol–water partition coefficient (Wildman–Crippen LogP) is 2.43. The summed E-state index contributed by atoms with van der Waals surface area (Å²) in [5.41, 5.74) is 1.24. The number of amides is 1. The number of aliphatic hydroxyl groups is 1. The molecule has 0 saturated heterocycles. The van der Waals surface area contributed by atoms with Crippen molar-refractivity contribution in [3.8, 4) is 17.0 Å². The van der Waals surface area contributed by atoms with E-state index in [0.29, 0.717) is 29.8 Å². The van der Waals surface area contributed by atoms with Crippen molar-refractivity contribution in [1.29, 1.82) is 0 Å². The number of carbonyl (C=O) groups is 1. The lowest BCUT2D eigenvalue weighted by molar-refractivity contribution is -0.0498. The van der Waals surface area contributed by atoms with Gasteiger partial charge in [0.2, 0.25) is 0 Å². The van der Waals surface area contributed by atoms with Crippen LogP contribution in [0.2, 0.25) is 0 Å². The molecule has 2 aromatic rings. The topological polar surface area (TPSA) is 87.2 Å². The lowest BCUT2D eigenvalue weighted by Crippen LogP contribution is -2.28. The van der Waals surface area contributed by atoms with Gasteiger partial charge in [0.1, 0.15) is 5.75 Å². The van der Waals surface area contributed by atoms with Crippen LogP contribution in [0.5, 0.6) is 5.75 Å². The Labute approximate surface area is 137 Å². The SMILES string of the molecule is CC(CCO)CNC(=O)c1cn[nH]c1-c1cccc(OC(F)F)c1. The van der Waals surface area contributed by atoms with Gasteiger partial charge in [-0.05, 0) is 24.5 Å². The van der Waals surface area contributed by atoms with E-state index in [2.05, 4.69) is 20.3 Å². The summed E-state index contributed by atoms with van der Waals surface area (Å²) < 4.78 is 29.0. The lowest BCUT2D eigenvalue weighted by atomic mass is 10.1. The van der Waals surface area contributed by atoms with Gasteiger partial charge in [0.25, 0.3) is 5.91 Å². The number of aliphatic hydroxyl groups excluding tert-OH is 1. The summed E-state index contributed by atoms with van der Waals surface area (Å²) in [6.45, 7) is -0.528. The van der Waals surface area contributed by atoms with Gasteiger partial charge >= 0.3 is 6.61 Å². The number of benzene rings is 1. The van der Waals surface area contributed by atoms with Crippen LogP contribution >= 0.6 is 0 Å². The van der Waals surface area contributed by atoms with Gasteiger partial charge in [-0.1, -0.05) is 19.1 Å². The van der Waals surface area contributed by atoms with Crippen LogP contribution in [0.15, 0.2) is 30.5 Å². The molecule has 1 aromatic heterocycles. The number of rotatable bonds is 8. The molecule has 1 heterocycles. The fourth-order valence-corrected chi connectivity index (χ4v) is 2.19. The quantitative estimate of drug-likeness (QED) is 0.689. The maximum absolute atomic E-state index is 12.3. The zero-order valence-electron chi connectivity index (χ0n) is 13.1. The third-order valence-corrected chi connectivity index (χ3v) is 3.46. The monoisotopic (exact) mass is 339 g/mol. The Kier molecular flexibility index (Phi) is 6.25. The molecule has 0 radical (unpaired) electrons. The molecule has 0 saturated carbocycles. The molecule has 2 rings (SSSR count). The lowest BCUT2D eigenvalue weighted by Gasteiger charge is -2.11. The van der Waals surface area contributed by atoms with Crippen molar-refractivity contribution in [3.05, 3.63) is 36.0 Å². The van der Waals surface area contributed by atoms with Crippen LogP contribution in [-0.4, -0.2) is 41.0 Å². The third kappa shape index (κ3) is 4.76. The number of aromatic nitrogens is 2. The van der Waals surface area contributed by atoms with Gasteiger partial charge < -0.3 is 15.2 Å². The van der Waals surface area contributed by atoms with Crippen LogP contribution in [0.25, 0.3) is 11.3 Å². The number of carbonyl (C=O) groups excluding carboxylic acids is 1. The minimum Gasteiger partial charge on any atom is -0.435 e. The number of hydrogen-bond acceptors (Lipinski definition) is 4. The number of hydrogen-bond donors (Lipinski definition) is 3. The third-order valence-electron chi connectivity index (χ3n) is 3.46. The molecule has 0 aliphatic heterocycles. The van der Waals surface area contributed by atoms with E-state index in [0.717, 1.165) is 0 Å². The average molecular weight is 339 g/mol. The Morgan fingerprint density at radius 2 is 2.25 bits per heavy atom. The van der Waals surface area contributed by atoms with Crippen LogP contribution < -0.4 is 10.1 Å². The van der Waals surface area contributed by atoms with E-state index < -0.39 is 6.61 Å². The van der Waals surface area contributed by atoms with Gasteiger partial charge in [-0.25, -0.2) is 0 Å². The second kappa shape index (κ2) is 8.39. The molecule has 24 heavy (non-hydrogen) atoms. The van der Waals surface area contributed by atoms with Crippen molar-refractivity contribution >= 4 is 5.91 Å². The van der Waals surface area contributed by atoms with Crippen LogP contribution in [0.3, 0.4) is 0 Å². The summed E-state index contributed by atoms with van der Waals surface area (Å²) in [7, 11) is 0. The summed E-state index contributed by atoms with van der Waals surface area (Å²) in [6.07, 6.45) is 1.97. The highest BCUT2D eigenvalue weighted by atomic mass is 19.3. The Hall–Kier alpha value is -2.48. The van der Waals surface area contributed by atoms with E-state index in [-0.39, 0.29) is 24.2 Å². The van der Waals surface area contributed by atoms with Gasteiger partial charge in [0.05, 0.1) is 17.5 Å². The molecule has 0 spiro atoms. The second-order valence-electron chi connectivity index (χ2n) is 5.39. The van der Waals surface area contributed by atoms with Crippen molar-refractivity contribution in [2.24, 2.45) is 5.92 Å². The minimum atomic E-state index is -2.92. The Bertz CT molecular complexity index is 676. The van der Waals surface area contributed by atoms with Crippen molar-refractivity contribution in [3.63, 3.8) is 0 Å². The zero-order chi connectivity index (χ0) is 17.5. The summed E-state index contributed by atoms with van der Waals surface area (Å²) >= 11 is 0. The normalized spacial score (nSPS) is 12.2. The summed E-state index contributed by atoms with van der Waals surface area (Å²) in [6, 6.07) is 6.03. The molecule has 1 aromatic carbocycles. The smallest absolute Gasteiger partial charge is 0.387 e. The van der Waals surface area contributed by atoms with Gasteiger partial charge in [-0.15, -0.1) is 0 Å². The number of ether oxygens (including phenoxy) is 1. The number of alkyl halides is 2. The van der Waals surface area contributed by atoms with Crippen LogP contribution in [-0.2, 0) is 0 Å². The fourth-order valence-electron chi connectivity index (χ4n) is 2.19. The van der Waals surface area contributed by atoms with E-state index in [1.54, 1.807) is 12.1 Å². The summed E-state index contributed by atoms with van der Waals surface area (Å²) in [4.78, 5) is 12.3. The summed E-state index contributed by atoms with van der Waals surface area (Å²) in [5, 5.41) is 18.2. The molecule has 0 aliphatic rings. The first kappa shape index (κ1) is 17.9. The Balaban J connectivity index is 2.13. The predicted molar refractivity (Wildman–Crippen MR) is 83.9 cm³/mol. The first-order chi connectivity index (χ1) is 11.5. The van der Waals surface area contributed by atoms with Crippen molar-refractivity contribution in [2.75, 3.05) is 13.2 Å². The van der Waals surface area contributed by atoms with Gasteiger partial charge in [-0.3, -0.25) is 9.89 Å². The van der Waals surface area contributed by atoms with Gasteiger partial charge in [0, 0.05) is 18.7 Å². The largest absolute Gasteiger partial charge is 0.435 e. The summed E-state index contributed by atoms with van der Waals surface area (Å²) in [5.74, 6) is -0.194. The molecule has 0 fully saturated rings. The van der Waals surface area contributed by atoms with Crippen LogP contribution in [0.4, 0.5) is 8.78 Å². The van der Waals surface area contributed by atoms with E-state index in [9.17, 15) is 13.6 Å². The van der Waals surface area contributed by atoms with E-state index in [1.807, 2.05) is 6.92 Å². The molecule has 6 nitrogen and oxygen atoms in total. The second-order valence-corrected chi connectivity index (χ2v) is 5.39. The van der Waals surface area contributed by atoms with Crippen molar-refractivity contribution < 1.29 is 23.4 Å². The molecule has 8 heteroatoms. The van der Waals surface area contributed by atoms with Gasteiger partial charge in [-0.2, -0.15) is 13.9 Å². The molecular weight excluding hydrogens is 320 g/mol. The number of H-pyrrole nitrogens is 1. The van der Waals surface area contributed by atoms with E-state index in [4.69, 9.17) is 5.11 Å². The standard InChI is InChI=1S/C16H19F2N3O3/c1-10(5-6-22)8-19-15(23)13-9-20-21-14(13)11-3-2-4-12(7-11)24-16(17)18/h2-4,7,9-10,16,22H,5-6,8H2,1H3,(H,19,23)(H,20,21). The maximum Gasteiger partial charge on any atom is 0.387 e. The molecule has 0 aliphatic carbocycles. The molecule has 1 amide bonds. The van der Waals surface area contributed by atoms with Gasteiger partial charge in [0.15, 0.2) is 0 Å². The van der Waals surface area contributed by atoms with E-state index in [1.165, 1.54) is 18.3 Å². The number of nitrogens with zero attached hydrogens (tertiary/aromatic N) is 1. The molecule has 1 atom stereocenters. The highest BCUT2D eigenvalue weighted by molar-refractivity contribution is 5.99. The molecular formula is C16H19F2N3O3. The van der Waals surface area contributed by atoms with Crippen LogP contribution in [0, 0.1) is 5.92 Å². The van der Waals surface area contributed by atoms with Crippen molar-refractivity contribution in [1.82, 2.24) is 15.5 Å². The number of nitrogens with one attached hydrogen (secondary N) is 2. The first-order valence-electron chi connectivity index (χ1n) is 7.49. The Morgan fingerprint density at radius 3 is 2.96 bits per heavy atom. The molecule has 3 N–H and O–H groups in total. The molecule has 130 valence electrons. The minimum absolute atomic E-state index is 0.0000242. The van der Waals surface area contributed by atoms with E-state index >= 15 is 0 Å². The molecule has 0 bridgehead atoms. The Morgan fingerprint density at radius 1 is 1.46 bits per heavy atom. The number of halogens is 2. The van der Waals surface area contributed by atoms with Crippen molar-refractivity contribution in [2.45, 2.75) is 20.0 Å². The highest BCUT2D eigenvalue weighted by Crippen LogP contribution is 2.26. The number of aromatic amines is 1. The first-order valence-corrected chi connectivity index (χ1v) is 7.49. The zero-order valence-corrected chi connectivity index (χ0v) is 13.1. The maximum atomic E-state index is 12.3.